The Morgan fingerprint density at radius 3 is 2.33 bits per heavy atom. The number of anilines is 1. The molecule has 2 aliphatic heterocycles. The van der Waals surface area contributed by atoms with E-state index >= 15 is 0 Å². The Bertz CT molecular complexity index is 1030. The lowest BCUT2D eigenvalue weighted by Gasteiger charge is -2.28. The third-order valence-electron chi connectivity index (χ3n) is 5.94. The number of amides is 3. The molecule has 0 atom stereocenters. The lowest BCUT2D eigenvalue weighted by molar-refractivity contribution is -0.118. The Kier molecular flexibility index (Phi) is 4.97. The SMILES string of the molecule is CN1CC(=O)N(C)c2sc3c(c2C1=O)CCN(C(=O)c1ccc(C(C)(C)C)cc1)C3. The first-order chi connectivity index (χ1) is 14.1. The molecule has 0 aliphatic carbocycles. The van der Waals surface area contributed by atoms with Crippen molar-refractivity contribution in [2.75, 3.05) is 32.1 Å². The van der Waals surface area contributed by atoms with Gasteiger partial charge in [-0.15, -0.1) is 11.3 Å². The fourth-order valence-corrected chi connectivity index (χ4v) is 5.33. The molecule has 6 nitrogen and oxygen atoms in total. The summed E-state index contributed by atoms with van der Waals surface area (Å²) in [5.74, 6) is -0.217. The molecular weight excluding hydrogens is 398 g/mol. The second kappa shape index (κ2) is 7.23. The lowest BCUT2D eigenvalue weighted by atomic mass is 9.86. The molecule has 3 heterocycles. The monoisotopic (exact) mass is 425 g/mol. The molecule has 158 valence electrons. The van der Waals surface area contributed by atoms with Gasteiger partial charge in [-0.1, -0.05) is 32.9 Å². The summed E-state index contributed by atoms with van der Waals surface area (Å²) in [7, 11) is 3.38. The molecule has 0 bridgehead atoms. The van der Waals surface area contributed by atoms with Gasteiger partial charge in [0.15, 0.2) is 0 Å². The van der Waals surface area contributed by atoms with Crippen LogP contribution >= 0.6 is 11.3 Å². The minimum absolute atomic E-state index is 0.00224. The second-order valence-corrected chi connectivity index (χ2v) is 10.2. The number of hydrogen-bond acceptors (Lipinski definition) is 4. The maximum Gasteiger partial charge on any atom is 0.257 e. The summed E-state index contributed by atoms with van der Waals surface area (Å²) in [5.41, 5.74) is 3.53. The highest BCUT2D eigenvalue weighted by Gasteiger charge is 2.36. The van der Waals surface area contributed by atoms with Crippen molar-refractivity contribution in [2.24, 2.45) is 0 Å². The molecule has 0 saturated heterocycles. The zero-order valence-corrected chi connectivity index (χ0v) is 18.9. The summed E-state index contributed by atoms with van der Waals surface area (Å²) in [4.78, 5) is 44.2. The lowest BCUT2D eigenvalue weighted by Crippen LogP contribution is -2.37. The van der Waals surface area contributed by atoms with Crippen LogP contribution in [0.3, 0.4) is 0 Å². The van der Waals surface area contributed by atoms with Gasteiger partial charge in [-0.2, -0.15) is 0 Å². The fourth-order valence-electron chi connectivity index (χ4n) is 4.00. The van der Waals surface area contributed by atoms with Crippen molar-refractivity contribution < 1.29 is 14.4 Å². The molecule has 1 aromatic carbocycles. The highest BCUT2D eigenvalue weighted by atomic mass is 32.1. The maximum atomic E-state index is 13.1. The molecule has 0 N–H and O–H groups in total. The number of carbonyl (C=O) groups excluding carboxylic acids is 3. The first-order valence-electron chi connectivity index (χ1n) is 10.1. The third-order valence-corrected chi connectivity index (χ3v) is 7.23. The summed E-state index contributed by atoms with van der Waals surface area (Å²) in [6.45, 7) is 7.56. The van der Waals surface area contributed by atoms with E-state index in [1.807, 2.05) is 29.2 Å². The van der Waals surface area contributed by atoms with Crippen molar-refractivity contribution >= 4 is 34.1 Å². The van der Waals surface area contributed by atoms with Gasteiger partial charge in [0, 0.05) is 31.1 Å². The number of thiophene rings is 1. The highest BCUT2D eigenvalue weighted by molar-refractivity contribution is 7.17. The number of hydrogen-bond donors (Lipinski definition) is 0. The topological polar surface area (TPSA) is 60.9 Å². The molecule has 1 aromatic heterocycles. The first-order valence-corrected chi connectivity index (χ1v) is 11.0. The molecule has 4 rings (SSSR count). The van der Waals surface area contributed by atoms with E-state index in [1.165, 1.54) is 21.8 Å². The Morgan fingerprint density at radius 2 is 1.70 bits per heavy atom. The van der Waals surface area contributed by atoms with Crippen LogP contribution in [0.4, 0.5) is 5.00 Å². The standard InChI is InChI=1S/C23H27N3O3S/c1-23(2,3)15-8-6-14(7-9-15)20(28)26-11-10-16-17(12-26)30-22-19(16)21(29)24(4)13-18(27)25(22)5/h6-9H,10-13H2,1-5H3. The van der Waals surface area contributed by atoms with Crippen LogP contribution in [0.1, 0.15) is 57.5 Å². The van der Waals surface area contributed by atoms with E-state index in [1.54, 1.807) is 19.0 Å². The van der Waals surface area contributed by atoms with Gasteiger partial charge in [0.05, 0.1) is 12.1 Å². The van der Waals surface area contributed by atoms with Gasteiger partial charge in [-0.3, -0.25) is 14.4 Å². The maximum absolute atomic E-state index is 13.1. The average molecular weight is 426 g/mol. The second-order valence-electron chi connectivity index (χ2n) is 9.10. The van der Waals surface area contributed by atoms with E-state index in [-0.39, 0.29) is 29.7 Å². The molecule has 2 aromatic rings. The summed E-state index contributed by atoms with van der Waals surface area (Å²) in [6.07, 6.45) is 0.620. The minimum atomic E-state index is -0.113. The van der Waals surface area contributed by atoms with Crippen LogP contribution in [0.25, 0.3) is 0 Å². The molecule has 3 amide bonds. The van der Waals surface area contributed by atoms with Gasteiger partial charge in [0.2, 0.25) is 5.91 Å². The summed E-state index contributed by atoms with van der Waals surface area (Å²) in [5, 5.41) is 0.697. The van der Waals surface area contributed by atoms with E-state index in [0.29, 0.717) is 35.6 Å². The van der Waals surface area contributed by atoms with Gasteiger partial charge < -0.3 is 14.7 Å². The Hall–Kier alpha value is -2.67. The predicted octanol–water partition coefficient (Wildman–Crippen LogP) is 3.29. The zero-order chi connectivity index (χ0) is 21.8. The van der Waals surface area contributed by atoms with Gasteiger partial charge in [0.25, 0.3) is 11.8 Å². The van der Waals surface area contributed by atoms with E-state index in [0.717, 1.165) is 10.4 Å². The largest absolute Gasteiger partial charge is 0.333 e. The van der Waals surface area contributed by atoms with Gasteiger partial charge >= 0.3 is 0 Å². The number of rotatable bonds is 1. The first kappa shape index (κ1) is 20.6. The Balaban J connectivity index is 1.61. The summed E-state index contributed by atoms with van der Waals surface area (Å²) >= 11 is 1.45. The minimum Gasteiger partial charge on any atom is -0.333 e. The van der Waals surface area contributed by atoms with E-state index in [9.17, 15) is 14.4 Å². The summed E-state index contributed by atoms with van der Waals surface area (Å²) in [6, 6.07) is 7.83. The predicted molar refractivity (Wildman–Crippen MR) is 118 cm³/mol. The van der Waals surface area contributed by atoms with Crippen LogP contribution in [-0.4, -0.2) is 54.7 Å². The zero-order valence-electron chi connectivity index (χ0n) is 18.1. The van der Waals surface area contributed by atoms with Crippen molar-refractivity contribution in [1.29, 1.82) is 0 Å². The van der Waals surface area contributed by atoms with Crippen molar-refractivity contribution in [1.82, 2.24) is 9.80 Å². The molecule has 7 heteroatoms. The quantitative estimate of drug-likeness (QED) is 0.704. The van der Waals surface area contributed by atoms with Crippen molar-refractivity contribution in [2.45, 2.75) is 39.2 Å². The van der Waals surface area contributed by atoms with Crippen LogP contribution in [0, 0.1) is 0 Å². The molecule has 0 fully saturated rings. The van der Waals surface area contributed by atoms with Crippen LogP contribution in [0.15, 0.2) is 24.3 Å². The van der Waals surface area contributed by atoms with Gasteiger partial charge in [-0.05, 0) is 35.1 Å². The Labute approximate surface area is 181 Å². The number of nitrogens with zero attached hydrogens (tertiary/aromatic N) is 3. The number of benzene rings is 1. The molecule has 0 spiro atoms. The van der Waals surface area contributed by atoms with Gasteiger partial charge in [-0.25, -0.2) is 0 Å². The molecule has 0 saturated carbocycles. The number of carbonyl (C=O) groups is 3. The van der Waals surface area contributed by atoms with Crippen molar-refractivity contribution in [3.8, 4) is 0 Å². The van der Waals surface area contributed by atoms with E-state index in [2.05, 4.69) is 20.8 Å². The van der Waals surface area contributed by atoms with Crippen LogP contribution in [-0.2, 0) is 23.2 Å². The Morgan fingerprint density at radius 1 is 1.03 bits per heavy atom. The highest BCUT2D eigenvalue weighted by Crippen LogP contribution is 2.41. The fraction of sp³-hybridized carbons (Fsp3) is 0.435. The van der Waals surface area contributed by atoms with Crippen molar-refractivity contribution in [3.05, 3.63) is 51.4 Å². The van der Waals surface area contributed by atoms with E-state index in [4.69, 9.17) is 0 Å². The average Bonchev–Trinajstić information content (AvgIpc) is 3.06. The van der Waals surface area contributed by atoms with Crippen LogP contribution in [0.2, 0.25) is 0 Å². The summed E-state index contributed by atoms with van der Waals surface area (Å²) < 4.78 is 0. The molecule has 30 heavy (non-hydrogen) atoms. The van der Waals surface area contributed by atoms with Crippen molar-refractivity contribution in [3.63, 3.8) is 0 Å². The normalized spacial score (nSPS) is 17.0. The molecule has 2 aliphatic rings. The number of likely N-dealkylation sites (N-methyl/N-ethyl adjacent to an activating group) is 2. The molecule has 0 unspecified atom stereocenters. The van der Waals surface area contributed by atoms with E-state index < -0.39 is 0 Å². The smallest absolute Gasteiger partial charge is 0.257 e. The molecule has 0 radical (unpaired) electrons. The van der Waals surface area contributed by atoms with Crippen LogP contribution in [0.5, 0.6) is 0 Å². The van der Waals surface area contributed by atoms with Gasteiger partial charge in [0.1, 0.15) is 11.5 Å². The molecular formula is C23H27N3O3S. The third kappa shape index (κ3) is 3.41. The van der Waals surface area contributed by atoms with Crippen LogP contribution < -0.4 is 4.90 Å². The number of fused-ring (bicyclic) bond motifs is 3.